The highest BCUT2D eigenvalue weighted by Crippen LogP contribution is 2.17. The van der Waals surface area contributed by atoms with Crippen molar-refractivity contribution in [1.29, 1.82) is 5.41 Å². The van der Waals surface area contributed by atoms with Crippen LogP contribution in [0.2, 0.25) is 0 Å². The number of amidine groups is 1. The summed E-state index contributed by atoms with van der Waals surface area (Å²) in [5, 5.41) is 7.21. The lowest BCUT2D eigenvalue weighted by atomic mass is 10.0. The fourth-order valence-corrected chi connectivity index (χ4v) is 2.99. The predicted molar refractivity (Wildman–Crippen MR) is 68.0 cm³/mol. The molecule has 0 aromatic rings. The minimum absolute atomic E-state index is 0.0000311. The van der Waals surface area contributed by atoms with Crippen molar-refractivity contribution in [3.05, 3.63) is 0 Å². The number of nitrogens with two attached hydrogens (primary N) is 1. The van der Waals surface area contributed by atoms with Crippen LogP contribution in [0.15, 0.2) is 0 Å². The summed E-state index contributed by atoms with van der Waals surface area (Å²) in [4.78, 5) is 0. The Morgan fingerprint density at radius 1 is 1.53 bits per heavy atom. The fraction of sp³-hybridized carbons (Fsp3) is 0.900. The Hall–Kier alpha value is -0.660. The third-order valence-corrected chi connectivity index (χ3v) is 4.76. The van der Waals surface area contributed by atoms with Crippen molar-refractivity contribution in [2.75, 3.05) is 19.6 Å². The molecule has 4 N–H and O–H groups in total. The van der Waals surface area contributed by atoms with E-state index in [9.17, 15) is 8.42 Å². The van der Waals surface area contributed by atoms with Crippen LogP contribution < -0.4 is 10.5 Å². The van der Waals surface area contributed by atoms with E-state index < -0.39 is 10.2 Å². The second kappa shape index (κ2) is 5.79. The zero-order valence-electron chi connectivity index (χ0n) is 10.4. The Balaban J connectivity index is 2.48. The highest BCUT2D eigenvalue weighted by atomic mass is 32.2. The molecule has 0 amide bonds. The van der Waals surface area contributed by atoms with E-state index in [1.54, 1.807) is 6.92 Å². The first-order valence-corrected chi connectivity index (χ1v) is 7.35. The molecule has 1 rings (SSSR count). The van der Waals surface area contributed by atoms with E-state index in [0.29, 0.717) is 19.0 Å². The quantitative estimate of drug-likeness (QED) is 0.485. The molecular weight excluding hydrogens is 240 g/mol. The molecule has 0 aromatic heterocycles. The highest BCUT2D eigenvalue weighted by Gasteiger charge is 2.26. The normalized spacial score (nSPS) is 21.3. The van der Waals surface area contributed by atoms with Crippen molar-refractivity contribution in [1.82, 2.24) is 9.03 Å². The molecule has 1 atom stereocenters. The molecule has 100 valence electrons. The number of piperidine rings is 1. The van der Waals surface area contributed by atoms with Crippen LogP contribution in [0.4, 0.5) is 0 Å². The lowest BCUT2D eigenvalue weighted by molar-refractivity contribution is 0.285. The molecule has 1 saturated heterocycles. The lowest BCUT2D eigenvalue weighted by Crippen LogP contribution is -2.46. The van der Waals surface area contributed by atoms with E-state index in [1.807, 2.05) is 0 Å². The standard InChI is InChI=1S/C10H22N4O2S/c1-8-3-5-14(6-4-8)17(15,16)13-7-9(2)10(11)12/h8-9,13H,3-7H2,1-2H3,(H3,11,12). The maximum absolute atomic E-state index is 11.9. The van der Waals surface area contributed by atoms with Gasteiger partial charge in [0.15, 0.2) is 0 Å². The molecule has 0 aromatic carbocycles. The van der Waals surface area contributed by atoms with Crippen LogP contribution in [-0.4, -0.2) is 38.2 Å². The SMILES string of the molecule is CC1CCN(S(=O)(=O)NCC(C)C(=N)N)CC1. The monoisotopic (exact) mass is 262 g/mol. The van der Waals surface area contributed by atoms with Crippen LogP contribution in [0.5, 0.6) is 0 Å². The van der Waals surface area contributed by atoms with Gasteiger partial charge in [0.1, 0.15) is 0 Å². The van der Waals surface area contributed by atoms with E-state index in [0.717, 1.165) is 12.8 Å². The molecule has 1 aliphatic heterocycles. The molecular formula is C10H22N4O2S. The molecule has 0 radical (unpaired) electrons. The van der Waals surface area contributed by atoms with Crippen LogP contribution in [0, 0.1) is 17.2 Å². The third kappa shape index (κ3) is 4.25. The molecule has 1 fully saturated rings. The zero-order chi connectivity index (χ0) is 13.1. The van der Waals surface area contributed by atoms with Gasteiger partial charge in [0.25, 0.3) is 10.2 Å². The van der Waals surface area contributed by atoms with Gasteiger partial charge in [0.2, 0.25) is 0 Å². The predicted octanol–water partition coefficient (Wildman–Crippen LogP) is 0.125. The number of nitrogens with zero attached hydrogens (tertiary/aromatic N) is 1. The molecule has 0 saturated carbocycles. The summed E-state index contributed by atoms with van der Waals surface area (Å²) in [6.07, 6.45) is 1.81. The highest BCUT2D eigenvalue weighted by molar-refractivity contribution is 7.87. The maximum atomic E-state index is 11.9. The van der Waals surface area contributed by atoms with Gasteiger partial charge in [-0.05, 0) is 18.8 Å². The molecule has 0 aliphatic carbocycles. The summed E-state index contributed by atoms with van der Waals surface area (Å²) in [6, 6.07) is 0. The van der Waals surface area contributed by atoms with Crippen molar-refractivity contribution in [3.8, 4) is 0 Å². The second-order valence-corrected chi connectivity index (χ2v) is 6.55. The van der Waals surface area contributed by atoms with Crippen molar-refractivity contribution >= 4 is 16.0 Å². The van der Waals surface area contributed by atoms with Gasteiger partial charge in [-0.25, -0.2) is 4.72 Å². The van der Waals surface area contributed by atoms with Gasteiger partial charge < -0.3 is 5.73 Å². The van der Waals surface area contributed by atoms with Gasteiger partial charge in [0.05, 0.1) is 5.84 Å². The number of nitrogens with one attached hydrogen (secondary N) is 2. The largest absolute Gasteiger partial charge is 0.387 e. The van der Waals surface area contributed by atoms with Crippen LogP contribution in [0.25, 0.3) is 0 Å². The topological polar surface area (TPSA) is 99.3 Å². The Bertz CT molecular complexity index is 361. The molecule has 6 nitrogen and oxygen atoms in total. The van der Waals surface area contributed by atoms with Gasteiger partial charge in [0, 0.05) is 25.6 Å². The Kier molecular flexibility index (Phi) is 4.91. The Morgan fingerprint density at radius 2 is 2.06 bits per heavy atom. The first-order valence-electron chi connectivity index (χ1n) is 5.91. The van der Waals surface area contributed by atoms with E-state index in [4.69, 9.17) is 11.1 Å². The molecule has 0 spiro atoms. The van der Waals surface area contributed by atoms with Gasteiger partial charge in [-0.3, -0.25) is 5.41 Å². The Morgan fingerprint density at radius 3 is 2.53 bits per heavy atom. The maximum Gasteiger partial charge on any atom is 0.279 e. The van der Waals surface area contributed by atoms with E-state index in [2.05, 4.69) is 11.6 Å². The first-order chi connectivity index (χ1) is 7.83. The Labute approximate surface area is 103 Å². The fourth-order valence-electron chi connectivity index (χ4n) is 1.66. The van der Waals surface area contributed by atoms with Crippen molar-refractivity contribution < 1.29 is 8.42 Å². The molecule has 1 aliphatic rings. The van der Waals surface area contributed by atoms with Gasteiger partial charge in [-0.1, -0.05) is 13.8 Å². The molecule has 0 bridgehead atoms. The first kappa shape index (κ1) is 14.4. The van der Waals surface area contributed by atoms with Gasteiger partial charge in [-0.2, -0.15) is 12.7 Å². The minimum Gasteiger partial charge on any atom is -0.387 e. The summed E-state index contributed by atoms with van der Waals surface area (Å²) >= 11 is 0. The van der Waals surface area contributed by atoms with E-state index in [-0.39, 0.29) is 18.3 Å². The average molecular weight is 262 g/mol. The minimum atomic E-state index is -3.40. The average Bonchev–Trinajstić information content (AvgIpc) is 2.26. The van der Waals surface area contributed by atoms with Crippen LogP contribution in [0.1, 0.15) is 26.7 Å². The molecule has 7 heteroatoms. The summed E-state index contributed by atoms with van der Waals surface area (Å²) in [6.45, 7) is 5.19. The van der Waals surface area contributed by atoms with E-state index >= 15 is 0 Å². The van der Waals surface area contributed by atoms with Crippen LogP contribution >= 0.6 is 0 Å². The third-order valence-electron chi connectivity index (χ3n) is 3.19. The van der Waals surface area contributed by atoms with Crippen molar-refractivity contribution in [2.45, 2.75) is 26.7 Å². The molecule has 1 unspecified atom stereocenters. The van der Waals surface area contributed by atoms with Gasteiger partial charge >= 0.3 is 0 Å². The van der Waals surface area contributed by atoms with Gasteiger partial charge in [-0.15, -0.1) is 0 Å². The van der Waals surface area contributed by atoms with E-state index in [1.165, 1.54) is 4.31 Å². The number of hydrogen-bond acceptors (Lipinski definition) is 3. The summed E-state index contributed by atoms with van der Waals surface area (Å²) in [7, 11) is -3.40. The number of hydrogen-bond donors (Lipinski definition) is 3. The summed E-state index contributed by atoms with van der Waals surface area (Å²) in [5.74, 6) is 0.325. The van der Waals surface area contributed by atoms with Crippen LogP contribution in [0.3, 0.4) is 0 Å². The van der Waals surface area contributed by atoms with Crippen molar-refractivity contribution in [3.63, 3.8) is 0 Å². The molecule has 17 heavy (non-hydrogen) atoms. The second-order valence-electron chi connectivity index (χ2n) is 4.79. The zero-order valence-corrected chi connectivity index (χ0v) is 11.3. The summed E-state index contributed by atoms with van der Waals surface area (Å²) in [5.41, 5.74) is 5.30. The lowest BCUT2D eigenvalue weighted by Gasteiger charge is -2.29. The number of rotatable bonds is 5. The summed E-state index contributed by atoms with van der Waals surface area (Å²) < 4.78 is 27.8. The van der Waals surface area contributed by atoms with Crippen LogP contribution in [-0.2, 0) is 10.2 Å². The molecule has 1 heterocycles. The van der Waals surface area contributed by atoms with Crippen molar-refractivity contribution in [2.24, 2.45) is 17.6 Å². The smallest absolute Gasteiger partial charge is 0.279 e.